The number of aryl methyl sites for hydroxylation is 1. The predicted octanol–water partition coefficient (Wildman–Crippen LogP) is 0.960. The van der Waals surface area contributed by atoms with Crippen molar-refractivity contribution in [2.24, 2.45) is 7.05 Å². The average molecular weight is 216 g/mol. The Hall–Kier alpha value is -0.900. The maximum absolute atomic E-state index is 11.1. The lowest BCUT2D eigenvalue weighted by Gasteiger charge is -1.97. The highest BCUT2D eigenvalue weighted by Crippen LogP contribution is 2.06. The lowest BCUT2D eigenvalue weighted by atomic mass is 10.3. The normalized spacial score (nSPS) is 9.64. The number of hydrogen-bond acceptors (Lipinski definition) is 2. The van der Waals surface area contributed by atoms with Gasteiger partial charge in [0.2, 0.25) is 0 Å². The molecule has 0 atom stereocenters. The van der Waals surface area contributed by atoms with E-state index in [2.05, 4.69) is 15.9 Å². The second-order valence-electron chi connectivity index (χ2n) is 2.15. The van der Waals surface area contributed by atoms with Crippen molar-refractivity contribution < 1.29 is 4.79 Å². The van der Waals surface area contributed by atoms with Crippen molar-refractivity contribution in [1.82, 2.24) is 4.57 Å². The molecule has 11 heavy (non-hydrogen) atoms. The lowest BCUT2D eigenvalue weighted by molar-refractivity contribution is 0.112. The molecule has 0 fully saturated rings. The maximum Gasteiger partial charge on any atom is 0.260 e. The summed E-state index contributed by atoms with van der Waals surface area (Å²) in [7, 11) is 1.60. The fourth-order valence-corrected chi connectivity index (χ4v) is 1.33. The fraction of sp³-hybridized carbons (Fsp3) is 0.143. The molecule has 0 bridgehead atoms. The quantitative estimate of drug-likeness (QED) is 0.656. The molecule has 0 spiro atoms. The van der Waals surface area contributed by atoms with Crippen molar-refractivity contribution >= 4 is 22.2 Å². The van der Waals surface area contributed by atoms with Crippen LogP contribution in [0.25, 0.3) is 0 Å². The lowest BCUT2D eigenvalue weighted by Crippen LogP contribution is -2.19. The summed E-state index contributed by atoms with van der Waals surface area (Å²) >= 11 is 3.17. The van der Waals surface area contributed by atoms with Crippen LogP contribution in [0.1, 0.15) is 10.4 Å². The van der Waals surface area contributed by atoms with Crippen LogP contribution in [0.3, 0.4) is 0 Å². The number of hydrogen-bond donors (Lipinski definition) is 0. The van der Waals surface area contributed by atoms with E-state index in [4.69, 9.17) is 0 Å². The summed E-state index contributed by atoms with van der Waals surface area (Å²) in [6.45, 7) is 0. The van der Waals surface area contributed by atoms with Crippen molar-refractivity contribution in [3.63, 3.8) is 0 Å². The Labute approximate surface area is 71.8 Å². The summed E-state index contributed by atoms with van der Waals surface area (Å²) in [6.07, 6.45) is 2.16. The highest BCUT2D eigenvalue weighted by atomic mass is 79.9. The van der Waals surface area contributed by atoms with Gasteiger partial charge in [0.15, 0.2) is 6.29 Å². The van der Waals surface area contributed by atoms with Crippen molar-refractivity contribution in [2.75, 3.05) is 0 Å². The van der Waals surface area contributed by atoms with E-state index in [1.54, 1.807) is 13.2 Å². The Morgan fingerprint density at radius 2 is 2.27 bits per heavy atom. The van der Waals surface area contributed by atoms with E-state index in [1.165, 1.54) is 10.6 Å². The van der Waals surface area contributed by atoms with E-state index in [0.717, 1.165) is 4.47 Å². The minimum Gasteiger partial charge on any atom is -0.317 e. The van der Waals surface area contributed by atoms with Gasteiger partial charge in [-0.3, -0.25) is 9.59 Å². The van der Waals surface area contributed by atoms with Gasteiger partial charge in [-0.1, -0.05) is 0 Å². The summed E-state index contributed by atoms with van der Waals surface area (Å²) in [5.41, 5.74) is -0.106. The summed E-state index contributed by atoms with van der Waals surface area (Å²) in [6, 6.07) is 1.50. The first-order valence-corrected chi connectivity index (χ1v) is 3.76. The van der Waals surface area contributed by atoms with Crippen LogP contribution in [0.15, 0.2) is 21.5 Å². The van der Waals surface area contributed by atoms with Gasteiger partial charge in [0, 0.05) is 17.7 Å². The van der Waals surface area contributed by atoms with E-state index in [9.17, 15) is 9.59 Å². The molecule has 0 aliphatic heterocycles. The number of carbonyl (C=O) groups excluding carboxylic acids is 1. The first-order valence-electron chi connectivity index (χ1n) is 2.96. The molecule has 0 N–H and O–H groups in total. The fourth-order valence-electron chi connectivity index (χ4n) is 0.779. The van der Waals surface area contributed by atoms with Crippen LogP contribution < -0.4 is 5.56 Å². The Morgan fingerprint density at radius 3 is 2.82 bits per heavy atom. The number of aromatic nitrogens is 1. The smallest absolute Gasteiger partial charge is 0.260 e. The first kappa shape index (κ1) is 8.20. The Bertz CT molecular complexity index is 343. The number of nitrogens with zero attached hydrogens (tertiary/aromatic N) is 1. The Balaban J connectivity index is 3.48. The van der Waals surface area contributed by atoms with Gasteiger partial charge in [0.1, 0.15) is 0 Å². The number of aldehydes is 1. The second kappa shape index (κ2) is 3.00. The number of rotatable bonds is 1. The number of halogens is 1. The van der Waals surface area contributed by atoms with Gasteiger partial charge in [-0.2, -0.15) is 0 Å². The summed E-state index contributed by atoms with van der Waals surface area (Å²) in [5.74, 6) is 0. The largest absolute Gasteiger partial charge is 0.317 e. The van der Waals surface area contributed by atoms with Gasteiger partial charge < -0.3 is 4.57 Å². The van der Waals surface area contributed by atoms with Crippen molar-refractivity contribution in [2.45, 2.75) is 0 Å². The van der Waals surface area contributed by atoms with Crippen LogP contribution in [-0.4, -0.2) is 10.9 Å². The Morgan fingerprint density at radius 1 is 1.64 bits per heavy atom. The minimum atomic E-state index is -0.275. The van der Waals surface area contributed by atoms with Crippen LogP contribution >= 0.6 is 15.9 Å². The third-order valence-corrected chi connectivity index (χ3v) is 1.74. The van der Waals surface area contributed by atoms with Gasteiger partial charge in [-0.15, -0.1) is 0 Å². The van der Waals surface area contributed by atoms with Gasteiger partial charge in [-0.25, -0.2) is 0 Å². The van der Waals surface area contributed by atoms with E-state index < -0.39 is 0 Å². The van der Waals surface area contributed by atoms with Crippen molar-refractivity contribution in [3.8, 4) is 0 Å². The van der Waals surface area contributed by atoms with Crippen LogP contribution in [-0.2, 0) is 7.05 Å². The van der Waals surface area contributed by atoms with Crippen molar-refractivity contribution in [3.05, 3.63) is 32.7 Å². The highest BCUT2D eigenvalue weighted by molar-refractivity contribution is 9.10. The van der Waals surface area contributed by atoms with Gasteiger partial charge in [-0.05, 0) is 22.0 Å². The third-order valence-electron chi connectivity index (χ3n) is 1.30. The molecule has 1 rings (SSSR count). The molecule has 4 heteroatoms. The van der Waals surface area contributed by atoms with Gasteiger partial charge in [0.05, 0.1) is 5.56 Å². The molecular weight excluding hydrogens is 210 g/mol. The zero-order valence-corrected chi connectivity index (χ0v) is 7.46. The molecule has 0 aliphatic rings. The molecule has 1 heterocycles. The second-order valence-corrected chi connectivity index (χ2v) is 3.06. The molecule has 1 aromatic rings. The van der Waals surface area contributed by atoms with Crippen LogP contribution in [0, 0.1) is 0 Å². The van der Waals surface area contributed by atoms with E-state index >= 15 is 0 Å². The standard InChI is InChI=1S/C7H6BrNO2/c1-9-3-6(8)2-5(4-10)7(9)11/h2-4H,1H3. The minimum absolute atomic E-state index is 0.168. The number of carbonyl (C=O) groups is 1. The monoisotopic (exact) mass is 215 g/mol. The summed E-state index contributed by atoms with van der Waals surface area (Å²) in [5, 5.41) is 0. The van der Waals surface area contributed by atoms with Crippen LogP contribution in [0.5, 0.6) is 0 Å². The summed E-state index contributed by atoms with van der Waals surface area (Å²) < 4.78 is 2.08. The summed E-state index contributed by atoms with van der Waals surface area (Å²) in [4.78, 5) is 21.4. The SMILES string of the molecule is Cn1cc(Br)cc(C=O)c1=O. The first-order chi connectivity index (χ1) is 5.15. The average Bonchev–Trinajstić information content (AvgIpc) is 1.96. The molecule has 0 saturated heterocycles. The molecular formula is C7H6BrNO2. The van der Waals surface area contributed by atoms with Crippen molar-refractivity contribution in [1.29, 1.82) is 0 Å². The molecule has 3 nitrogen and oxygen atoms in total. The third kappa shape index (κ3) is 1.57. The van der Waals surface area contributed by atoms with E-state index in [-0.39, 0.29) is 11.1 Å². The zero-order valence-electron chi connectivity index (χ0n) is 5.87. The van der Waals surface area contributed by atoms with E-state index in [0.29, 0.717) is 6.29 Å². The van der Waals surface area contributed by atoms with Crippen LogP contribution in [0.2, 0.25) is 0 Å². The van der Waals surface area contributed by atoms with E-state index in [1.807, 2.05) is 0 Å². The molecule has 1 aromatic heterocycles. The van der Waals surface area contributed by atoms with Gasteiger partial charge in [0.25, 0.3) is 5.56 Å². The molecule has 0 aromatic carbocycles. The predicted molar refractivity (Wildman–Crippen MR) is 44.8 cm³/mol. The maximum atomic E-state index is 11.1. The highest BCUT2D eigenvalue weighted by Gasteiger charge is 2.00. The van der Waals surface area contributed by atoms with Gasteiger partial charge >= 0.3 is 0 Å². The molecule has 0 amide bonds. The Kier molecular flexibility index (Phi) is 2.24. The molecule has 0 aliphatic carbocycles. The topological polar surface area (TPSA) is 39.1 Å². The van der Waals surface area contributed by atoms with Crippen LogP contribution in [0.4, 0.5) is 0 Å². The molecule has 0 unspecified atom stereocenters. The zero-order chi connectivity index (χ0) is 8.43. The molecule has 0 saturated carbocycles. The molecule has 58 valence electrons. The molecule has 0 radical (unpaired) electrons. The number of pyridine rings is 1.